The van der Waals surface area contributed by atoms with Crippen LogP contribution in [0.5, 0.6) is 0 Å². The molecular weight excluding hydrogens is 314 g/mol. The summed E-state index contributed by atoms with van der Waals surface area (Å²) in [4.78, 5) is 0. The molecule has 2 N–H and O–H groups in total. The SMILES string of the molecule is Cc1c(Br)cccc1C(N)c1cc2cccc(C)c2o1. The molecule has 1 atom stereocenters. The van der Waals surface area contributed by atoms with Crippen molar-refractivity contribution in [3.05, 3.63) is 69.4 Å². The van der Waals surface area contributed by atoms with E-state index < -0.39 is 0 Å². The van der Waals surface area contributed by atoms with E-state index in [1.165, 1.54) is 0 Å². The largest absolute Gasteiger partial charge is 0.459 e. The maximum absolute atomic E-state index is 6.39. The van der Waals surface area contributed by atoms with Crippen molar-refractivity contribution in [2.75, 3.05) is 0 Å². The van der Waals surface area contributed by atoms with Gasteiger partial charge in [-0.1, -0.05) is 46.3 Å². The molecule has 0 fully saturated rings. The van der Waals surface area contributed by atoms with Gasteiger partial charge in [-0.25, -0.2) is 0 Å². The minimum Gasteiger partial charge on any atom is -0.459 e. The predicted molar refractivity (Wildman–Crippen MR) is 85.9 cm³/mol. The smallest absolute Gasteiger partial charge is 0.137 e. The molecule has 0 aliphatic rings. The fourth-order valence-corrected chi connectivity index (χ4v) is 2.88. The van der Waals surface area contributed by atoms with Crippen molar-refractivity contribution < 1.29 is 4.42 Å². The van der Waals surface area contributed by atoms with E-state index in [0.29, 0.717) is 0 Å². The fourth-order valence-electron chi connectivity index (χ4n) is 2.50. The maximum Gasteiger partial charge on any atom is 0.137 e. The lowest BCUT2D eigenvalue weighted by molar-refractivity contribution is 0.522. The molecule has 2 aromatic carbocycles. The number of hydrogen-bond acceptors (Lipinski definition) is 2. The van der Waals surface area contributed by atoms with Gasteiger partial charge < -0.3 is 10.2 Å². The zero-order valence-corrected chi connectivity index (χ0v) is 13.1. The summed E-state index contributed by atoms with van der Waals surface area (Å²) < 4.78 is 7.04. The van der Waals surface area contributed by atoms with Crippen LogP contribution in [0.15, 0.2) is 51.4 Å². The van der Waals surface area contributed by atoms with E-state index in [0.717, 1.165) is 37.9 Å². The van der Waals surface area contributed by atoms with Crippen LogP contribution in [0.25, 0.3) is 11.0 Å². The van der Waals surface area contributed by atoms with Crippen molar-refractivity contribution in [3.63, 3.8) is 0 Å². The van der Waals surface area contributed by atoms with Gasteiger partial charge >= 0.3 is 0 Å². The molecule has 0 saturated heterocycles. The topological polar surface area (TPSA) is 39.2 Å². The van der Waals surface area contributed by atoms with Crippen LogP contribution in [0, 0.1) is 13.8 Å². The zero-order chi connectivity index (χ0) is 14.3. The Balaban J connectivity index is 2.10. The number of para-hydroxylation sites is 1. The van der Waals surface area contributed by atoms with Gasteiger partial charge in [0.2, 0.25) is 0 Å². The molecule has 3 aromatic rings. The normalized spacial score (nSPS) is 12.8. The third-order valence-electron chi connectivity index (χ3n) is 3.71. The van der Waals surface area contributed by atoms with Gasteiger partial charge in [0, 0.05) is 9.86 Å². The lowest BCUT2D eigenvalue weighted by Gasteiger charge is -2.13. The summed E-state index contributed by atoms with van der Waals surface area (Å²) in [6, 6.07) is 14.0. The van der Waals surface area contributed by atoms with Gasteiger partial charge in [0.25, 0.3) is 0 Å². The van der Waals surface area contributed by atoms with Crippen LogP contribution < -0.4 is 5.73 Å². The van der Waals surface area contributed by atoms with Gasteiger partial charge in [-0.3, -0.25) is 0 Å². The Hall–Kier alpha value is -1.58. The second-order valence-corrected chi connectivity index (χ2v) is 5.93. The molecule has 0 radical (unpaired) electrons. The van der Waals surface area contributed by atoms with E-state index in [9.17, 15) is 0 Å². The van der Waals surface area contributed by atoms with E-state index in [-0.39, 0.29) is 6.04 Å². The molecule has 20 heavy (non-hydrogen) atoms. The Morgan fingerprint density at radius 1 is 1.10 bits per heavy atom. The molecule has 102 valence electrons. The number of benzene rings is 2. The highest BCUT2D eigenvalue weighted by Crippen LogP contribution is 2.31. The third-order valence-corrected chi connectivity index (χ3v) is 4.57. The molecule has 0 aliphatic carbocycles. The summed E-state index contributed by atoms with van der Waals surface area (Å²) in [5.74, 6) is 0.801. The van der Waals surface area contributed by atoms with E-state index in [1.807, 2.05) is 43.3 Å². The molecule has 0 spiro atoms. The van der Waals surface area contributed by atoms with Crippen molar-refractivity contribution in [1.82, 2.24) is 0 Å². The highest BCUT2D eigenvalue weighted by Gasteiger charge is 2.17. The van der Waals surface area contributed by atoms with Crippen molar-refractivity contribution in [2.24, 2.45) is 5.73 Å². The van der Waals surface area contributed by atoms with Gasteiger partial charge in [0.15, 0.2) is 0 Å². The molecule has 0 bridgehead atoms. The lowest BCUT2D eigenvalue weighted by Crippen LogP contribution is -2.12. The number of halogens is 1. The average molecular weight is 330 g/mol. The molecule has 0 aliphatic heterocycles. The molecule has 0 amide bonds. The summed E-state index contributed by atoms with van der Waals surface area (Å²) in [5, 5.41) is 1.10. The van der Waals surface area contributed by atoms with E-state index in [1.54, 1.807) is 0 Å². The molecular formula is C17H16BrNO. The number of nitrogens with two attached hydrogens (primary N) is 1. The van der Waals surface area contributed by atoms with Crippen LogP contribution in [0.4, 0.5) is 0 Å². The highest BCUT2D eigenvalue weighted by atomic mass is 79.9. The zero-order valence-electron chi connectivity index (χ0n) is 11.5. The second-order valence-electron chi connectivity index (χ2n) is 5.07. The number of hydrogen-bond donors (Lipinski definition) is 1. The monoisotopic (exact) mass is 329 g/mol. The van der Waals surface area contributed by atoms with Crippen LogP contribution in [0.2, 0.25) is 0 Å². The predicted octanol–water partition coefficient (Wildman–Crippen LogP) is 4.86. The molecule has 1 heterocycles. The van der Waals surface area contributed by atoms with E-state index in [2.05, 4.69) is 28.9 Å². The summed E-state index contributed by atoms with van der Waals surface area (Å²) in [7, 11) is 0. The lowest BCUT2D eigenvalue weighted by atomic mass is 10.00. The maximum atomic E-state index is 6.39. The molecule has 3 heteroatoms. The Kier molecular flexibility index (Phi) is 3.40. The van der Waals surface area contributed by atoms with Crippen LogP contribution in [-0.2, 0) is 0 Å². The summed E-state index contributed by atoms with van der Waals surface area (Å²) in [6.45, 7) is 4.11. The number of rotatable bonds is 2. The van der Waals surface area contributed by atoms with Gasteiger partial charge in [-0.05, 0) is 42.7 Å². The van der Waals surface area contributed by atoms with Crippen molar-refractivity contribution in [1.29, 1.82) is 0 Å². The van der Waals surface area contributed by atoms with Crippen LogP contribution in [0.1, 0.15) is 28.5 Å². The molecule has 0 saturated carbocycles. The molecule has 2 nitrogen and oxygen atoms in total. The Labute approximate surface area is 126 Å². The summed E-state index contributed by atoms with van der Waals surface area (Å²) in [6.07, 6.45) is 0. The number of aryl methyl sites for hydroxylation is 1. The first-order chi connectivity index (χ1) is 9.58. The third kappa shape index (κ3) is 2.17. The van der Waals surface area contributed by atoms with Crippen LogP contribution in [-0.4, -0.2) is 0 Å². The summed E-state index contributed by atoms with van der Waals surface area (Å²) in [5.41, 5.74) is 10.7. The first kappa shape index (κ1) is 13.4. The Morgan fingerprint density at radius 2 is 1.85 bits per heavy atom. The molecule has 1 aromatic heterocycles. The number of furan rings is 1. The van der Waals surface area contributed by atoms with Crippen molar-refractivity contribution in [2.45, 2.75) is 19.9 Å². The summed E-state index contributed by atoms with van der Waals surface area (Å²) >= 11 is 3.55. The molecule has 3 rings (SSSR count). The minimum atomic E-state index is -0.251. The van der Waals surface area contributed by atoms with Crippen molar-refractivity contribution >= 4 is 26.9 Å². The van der Waals surface area contributed by atoms with Gasteiger partial charge in [-0.2, -0.15) is 0 Å². The van der Waals surface area contributed by atoms with Gasteiger partial charge in [-0.15, -0.1) is 0 Å². The first-order valence-electron chi connectivity index (χ1n) is 6.57. The molecule has 1 unspecified atom stereocenters. The highest BCUT2D eigenvalue weighted by molar-refractivity contribution is 9.10. The minimum absolute atomic E-state index is 0.251. The van der Waals surface area contributed by atoms with Crippen LogP contribution >= 0.6 is 15.9 Å². The fraction of sp³-hybridized carbons (Fsp3) is 0.176. The van der Waals surface area contributed by atoms with Crippen molar-refractivity contribution in [3.8, 4) is 0 Å². The quantitative estimate of drug-likeness (QED) is 0.729. The van der Waals surface area contributed by atoms with Gasteiger partial charge in [0.1, 0.15) is 11.3 Å². The Morgan fingerprint density at radius 3 is 2.60 bits per heavy atom. The second kappa shape index (κ2) is 5.08. The average Bonchev–Trinajstić information content (AvgIpc) is 2.87. The standard InChI is InChI=1S/C17H16BrNO/c1-10-5-3-6-12-9-15(20-17(10)12)16(19)13-7-4-8-14(18)11(13)2/h3-9,16H,19H2,1-2H3. The van der Waals surface area contributed by atoms with Gasteiger partial charge in [0.05, 0.1) is 6.04 Å². The van der Waals surface area contributed by atoms with Crippen LogP contribution in [0.3, 0.4) is 0 Å². The van der Waals surface area contributed by atoms with E-state index >= 15 is 0 Å². The van der Waals surface area contributed by atoms with E-state index in [4.69, 9.17) is 10.2 Å². The first-order valence-corrected chi connectivity index (χ1v) is 7.37. The Bertz CT molecular complexity index is 776. The number of fused-ring (bicyclic) bond motifs is 1.